The Balaban J connectivity index is 3.03. The Kier molecular flexibility index (Phi) is 5.84. The van der Waals surface area contributed by atoms with Crippen LogP contribution in [-0.4, -0.2) is 28.1 Å². The highest BCUT2D eigenvalue weighted by molar-refractivity contribution is 5.95. The number of hydrogen-bond acceptors (Lipinski definition) is 4. The third-order valence-electron chi connectivity index (χ3n) is 3.78. The van der Waals surface area contributed by atoms with Crippen molar-refractivity contribution in [1.82, 2.24) is 5.32 Å². The minimum absolute atomic E-state index is 0.0282. The zero-order valence-corrected chi connectivity index (χ0v) is 12.7. The largest absolute Gasteiger partial charge is 0.396 e. The summed E-state index contributed by atoms with van der Waals surface area (Å²) >= 11 is 0. The first kappa shape index (κ1) is 17.1. The number of carbonyl (C=O) groups is 1. The van der Waals surface area contributed by atoms with Crippen molar-refractivity contribution in [2.75, 3.05) is 6.61 Å². The van der Waals surface area contributed by atoms with Crippen LogP contribution in [0.2, 0.25) is 0 Å². The summed E-state index contributed by atoms with van der Waals surface area (Å²) < 4.78 is 0. The third-order valence-corrected chi connectivity index (χ3v) is 3.78. The molecule has 0 saturated heterocycles. The molecule has 116 valence electrons. The molecule has 0 aliphatic rings. The fourth-order valence-corrected chi connectivity index (χ4v) is 2.09. The van der Waals surface area contributed by atoms with E-state index in [1.807, 2.05) is 20.8 Å². The van der Waals surface area contributed by atoms with E-state index in [9.17, 15) is 14.9 Å². The van der Waals surface area contributed by atoms with Crippen molar-refractivity contribution in [2.45, 2.75) is 45.6 Å². The highest BCUT2D eigenvalue weighted by Crippen LogP contribution is 2.22. The van der Waals surface area contributed by atoms with Crippen LogP contribution >= 0.6 is 0 Å². The monoisotopic (exact) mass is 294 g/mol. The number of carbonyl (C=O) groups excluding carboxylic acids is 1. The molecule has 0 aromatic heterocycles. The van der Waals surface area contributed by atoms with Crippen molar-refractivity contribution in [2.24, 2.45) is 0 Å². The zero-order valence-electron chi connectivity index (χ0n) is 12.7. The molecule has 1 atom stereocenters. The minimum Gasteiger partial charge on any atom is -0.396 e. The lowest BCUT2D eigenvalue weighted by Gasteiger charge is -2.29. The first-order valence-electron chi connectivity index (χ1n) is 7.07. The second-order valence-corrected chi connectivity index (χ2v) is 5.30. The van der Waals surface area contributed by atoms with Crippen LogP contribution in [0.1, 0.15) is 49.5 Å². The van der Waals surface area contributed by atoms with Crippen LogP contribution in [0.15, 0.2) is 18.2 Å². The number of aryl methyl sites for hydroxylation is 1. The van der Waals surface area contributed by atoms with E-state index in [4.69, 9.17) is 5.11 Å². The van der Waals surface area contributed by atoms with Crippen LogP contribution < -0.4 is 5.32 Å². The molecule has 0 fully saturated rings. The van der Waals surface area contributed by atoms with Crippen molar-refractivity contribution in [1.29, 1.82) is 0 Å². The summed E-state index contributed by atoms with van der Waals surface area (Å²) in [5.41, 5.74) is 0.302. The van der Waals surface area contributed by atoms with E-state index >= 15 is 0 Å². The number of aliphatic hydroxyl groups excluding tert-OH is 1. The van der Waals surface area contributed by atoms with Gasteiger partial charge in [-0.05, 0) is 32.3 Å². The van der Waals surface area contributed by atoms with Gasteiger partial charge in [0.2, 0.25) is 0 Å². The van der Waals surface area contributed by atoms with Crippen LogP contribution in [0, 0.1) is 10.1 Å². The van der Waals surface area contributed by atoms with Crippen LogP contribution in [0.25, 0.3) is 0 Å². The summed E-state index contributed by atoms with van der Waals surface area (Å²) in [6, 6.07) is 4.52. The Bertz CT molecular complexity index is 530. The van der Waals surface area contributed by atoms with Gasteiger partial charge in [-0.2, -0.15) is 0 Å². The highest BCUT2D eigenvalue weighted by atomic mass is 16.6. The second kappa shape index (κ2) is 7.17. The molecular formula is C15H22N2O4. The van der Waals surface area contributed by atoms with Gasteiger partial charge < -0.3 is 10.4 Å². The Labute approximate surface area is 124 Å². The van der Waals surface area contributed by atoms with Gasteiger partial charge in [0.15, 0.2) is 0 Å². The van der Waals surface area contributed by atoms with Gasteiger partial charge in [0, 0.05) is 29.3 Å². The molecule has 0 saturated carbocycles. The lowest BCUT2D eigenvalue weighted by molar-refractivity contribution is -0.385. The molecule has 1 amide bonds. The number of rotatable bonds is 7. The smallest absolute Gasteiger partial charge is 0.273 e. The number of benzene rings is 1. The van der Waals surface area contributed by atoms with E-state index in [-0.39, 0.29) is 23.8 Å². The lowest BCUT2D eigenvalue weighted by Crippen LogP contribution is -2.46. The van der Waals surface area contributed by atoms with Gasteiger partial charge in [0.1, 0.15) is 0 Å². The average molecular weight is 294 g/mol. The van der Waals surface area contributed by atoms with Gasteiger partial charge >= 0.3 is 0 Å². The maximum absolute atomic E-state index is 12.3. The molecule has 21 heavy (non-hydrogen) atoms. The first-order chi connectivity index (χ1) is 9.86. The van der Waals surface area contributed by atoms with E-state index in [2.05, 4.69) is 5.32 Å². The standard InChI is InChI=1S/C15H22N2O4/c1-4-11-6-7-12(10-13(11)17(20)21)14(19)16-15(3,5-2)8-9-18/h6-7,10,18H,4-5,8-9H2,1-3H3,(H,16,19). The molecular weight excluding hydrogens is 272 g/mol. The number of hydrogen-bond donors (Lipinski definition) is 2. The van der Waals surface area contributed by atoms with E-state index < -0.39 is 10.5 Å². The first-order valence-corrected chi connectivity index (χ1v) is 7.07. The normalized spacial score (nSPS) is 13.5. The quantitative estimate of drug-likeness (QED) is 0.596. The average Bonchev–Trinajstić information content (AvgIpc) is 2.46. The molecule has 1 aromatic rings. The summed E-state index contributed by atoms with van der Waals surface area (Å²) in [5.74, 6) is -0.362. The Hall–Kier alpha value is -1.95. The predicted molar refractivity (Wildman–Crippen MR) is 80.3 cm³/mol. The number of nitro benzene ring substituents is 1. The van der Waals surface area contributed by atoms with Crippen molar-refractivity contribution in [3.8, 4) is 0 Å². The van der Waals surface area contributed by atoms with Crippen molar-refractivity contribution in [3.05, 3.63) is 39.4 Å². The van der Waals surface area contributed by atoms with Crippen molar-refractivity contribution in [3.63, 3.8) is 0 Å². The van der Waals surface area contributed by atoms with E-state index in [0.29, 0.717) is 24.8 Å². The number of nitrogens with zero attached hydrogens (tertiary/aromatic N) is 1. The van der Waals surface area contributed by atoms with Gasteiger partial charge in [-0.25, -0.2) is 0 Å². The van der Waals surface area contributed by atoms with E-state index in [0.717, 1.165) is 0 Å². The molecule has 6 nitrogen and oxygen atoms in total. The topological polar surface area (TPSA) is 92.5 Å². The fourth-order valence-electron chi connectivity index (χ4n) is 2.09. The molecule has 0 aliphatic carbocycles. The van der Waals surface area contributed by atoms with Gasteiger partial charge in [-0.3, -0.25) is 14.9 Å². The number of amides is 1. The number of aliphatic hydroxyl groups is 1. The SMILES string of the molecule is CCc1ccc(C(=O)NC(C)(CC)CCO)cc1[N+](=O)[O-]. The van der Waals surface area contributed by atoms with Crippen LogP contribution in [-0.2, 0) is 6.42 Å². The summed E-state index contributed by atoms with van der Waals surface area (Å²) in [7, 11) is 0. The lowest BCUT2D eigenvalue weighted by atomic mass is 9.94. The summed E-state index contributed by atoms with van der Waals surface area (Å²) in [4.78, 5) is 22.8. The van der Waals surface area contributed by atoms with Gasteiger partial charge in [0.25, 0.3) is 11.6 Å². The maximum atomic E-state index is 12.3. The van der Waals surface area contributed by atoms with Crippen LogP contribution in [0.4, 0.5) is 5.69 Å². The van der Waals surface area contributed by atoms with E-state index in [1.165, 1.54) is 6.07 Å². The summed E-state index contributed by atoms with van der Waals surface area (Å²) in [6.07, 6.45) is 1.63. The number of nitro groups is 1. The molecule has 0 bridgehead atoms. The minimum atomic E-state index is -0.524. The Morgan fingerprint density at radius 1 is 1.43 bits per heavy atom. The highest BCUT2D eigenvalue weighted by Gasteiger charge is 2.25. The summed E-state index contributed by atoms with van der Waals surface area (Å²) in [6.45, 7) is 5.56. The molecule has 1 unspecified atom stereocenters. The van der Waals surface area contributed by atoms with Crippen LogP contribution in [0.5, 0.6) is 0 Å². The maximum Gasteiger partial charge on any atom is 0.273 e. The van der Waals surface area contributed by atoms with Gasteiger partial charge in [-0.15, -0.1) is 0 Å². The van der Waals surface area contributed by atoms with Crippen molar-refractivity contribution < 1.29 is 14.8 Å². The van der Waals surface area contributed by atoms with Crippen molar-refractivity contribution >= 4 is 11.6 Å². The Morgan fingerprint density at radius 2 is 2.10 bits per heavy atom. The Morgan fingerprint density at radius 3 is 2.57 bits per heavy atom. The fraction of sp³-hybridized carbons (Fsp3) is 0.533. The molecule has 1 rings (SSSR count). The molecule has 6 heteroatoms. The summed E-state index contributed by atoms with van der Waals surface area (Å²) in [5, 5.41) is 22.9. The second-order valence-electron chi connectivity index (χ2n) is 5.30. The van der Waals surface area contributed by atoms with Gasteiger partial charge in [-0.1, -0.05) is 19.9 Å². The van der Waals surface area contributed by atoms with Gasteiger partial charge in [0.05, 0.1) is 4.92 Å². The molecule has 0 radical (unpaired) electrons. The van der Waals surface area contributed by atoms with Crippen LogP contribution in [0.3, 0.4) is 0 Å². The van der Waals surface area contributed by atoms with E-state index in [1.54, 1.807) is 12.1 Å². The molecule has 0 spiro atoms. The molecule has 0 aliphatic heterocycles. The zero-order chi connectivity index (χ0) is 16.0. The predicted octanol–water partition coefficient (Wildman–Crippen LogP) is 2.44. The number of nitrogens with one attached hydrogen (secondary N) is 1. The molecule has 2 N–H and O–H groups in total. The molecule has 1 aromatic carbocycles. The molecule has 0 heterocycles. The third kappa shape index (κ3) is 4.26.